The molecule has 1 spiro atoms. The summed E-state index contributed by atoms with van der Waals surface area (Å²) < 4.78 is 0. The Kier molecular flexibility index (Phi) is 6.25. The molecule has 1 atom stereocenters. The molecule has 0 bridgehead atoms. The predicted molar refractivity (Wildman–Crippen MR) is 120 cm³/mol. The quantitative estimate of drug-likeness (QED) is 0.379. The lowest BCUT2D eigenvalue weighted by Gasteiger charge is -2.41. The van der Waals surface area contributed by atoms with Gasteiger partial charge in [0.2, 0.25) is 5.91 Å². The number of hydrogen-bond acceptors (Lipinski definition) is 2. The van der Waals surface area contributed by atoms with E-state index in [9.17, 15) is 4.79 Å². The fourth-order valence-corrected chi connectivity index (χ4v) is 4.66. The van der Waals surface area contributed by atoms with Gasteiger partial charge < -0.3 is 15.5 Å². The Morgan fingerprint density at radius 1 is 1.30 bits per heavy atom. The largest absolute Gasteiger partial charge is 0.355 e. The molecular formula is C20H28ClIN4O. The lowest BCUT2D eigenvalue weighted by Crippen LogP contribution is -2.52. The molecule has 3 aliphatic rings. The minimum Gasteiger partial charge on any atom is -0.355 e. The zero-order valence-electron chi connectivity index (χ0n) is 15.8. The normalized spacial score (nSPS) is 26.5. The van der Waals surface area contributed by atoms with E-state index in [0.29, 0.717) is 6.42 Å². The minimum absolute atomic E-state index is 0. The summed E-state index contributed by atoms with van der Waals surface area (Å²) in [4.78, 5) is 18.6. The smallest absolute Gasteiger partial charge is 0.220 e. The molecule has 2 N–H and O–H groups in total. The molecule has 2 heterocycles. The summed E-state index contributed by atoms with van der Waals surface area (Å²) in [6.45, 7) is 3.60. The number of aliphatic imine (C=N–C) groups is 1. The topological polar surface area (TPSA) is 56.7 Å². The lowest BCUT2D eigenvalue weighted by atomic mass is 9.79. The second-order valence-electron chi connectivity index (χ2n) is 8.17. The second-order valence-corrected chi connectivity index (χ2v) is 8.60. The fraction of sp³-hybridized carbons (Fsp3) is 0.600. The molecule has 0 radical (unpaired) electrons. The third-order valence-electron chi connectivity index (χ3n) is 6.26. The zero-order valence-corrected chi connectivity index (χ0v) is 18.8. The third kappa shape index (κ3) is 4.36. The molecule has 27 heavy (non-hydrogen) atoms. The molecule has 1 saturated carbocycles. The molecule has 2 saturated heterocycles. The number of piperidine rings is 1. The summed E-state index contributed by atoms with van der Waals surface area (Å²) in [5, 5.41) is 7.41. The standard InChI is InChI=1S/C20H27ClN4O.HI/c1-22-18(25-10-2-7-19(14-25)11-17(26)23-12-19)24-13-20(8-9-20)15-3-5-16(21)6-4-15;/h3-6H,2,7-14H2,1H3,(H,22,24)(H,23,26);1H. The molecule has 1 unspecified atom stereocenters. The number of carbonyl (C=O) groups excluding carboxylic acids is 1. The number of amides is 1. The van der Waals surface area contributed by atoms with Crippen LogP contribution in [0.5, 0.6) is 0 Å². The van der Waals surface area contributed by atoms with E-state index >= 15 is 0 Å². The minimum atomic E-state index is 0. The third-order valence-corrected chi connectivity index (χ3v) is 6.52. The average Bonchev–Trinajstić information content (AvgIpc) is 3.35. The van der Waals surface area contributed by atoms with E-state index in [1.165, 1.54) is 18.4 Å². The van der Waals surface area contributed by atoms with Gasteiger partial charge in [0.05, 0.1) is 0 Å². The van der Waals surface area contributed by atoms with Crippen LogP contribution in [0.1, 0.15) is 37.7 Å². The average molecular weight is 503 g/mol. The molecule has 1 aromatic carbocycles. The van der Waals surface area contributed by atoms with Crippen LogP contribution in [-0.2, 0) is 10.2 Å². The first-order valence-electron chi connectivity index (χ1n) is 9.53. The van der Waals surface area contributed by atoms with Gasteiger partial charge in [-0.05, 0) is 43.4 Å². The highest BCUT2D eigenvalue weighted by molar-refractivity contribution is 14.0. The monoisotopic (exact) mass is 502 g/mol. The molecule has 2 aliphatic heterocycles. The zero-order chi connectivity index (χ0) is 18.2. The molecular weight excluding hydrogens is 475 g/mol. The summed E-state index contributed by atoms with van der Waals surface area (Å²) in [5.74, 6) is 1.15. The summed E-state index contributed by atoms with van der Waals surface area (Å²) in [6.07, 6.45) is 5.27. The number of carbonyl (C=O) groups is 1. The number of halogens is 2. The van der Waals surface area contributed by atoms with Gasteiger partial charge in [0, 0.05) is 55.5 Å². The summed E-state index contributed by atoms with van der Waals surface area (Å²) in [6, 6.07) is 8.24. The maximum absolute atomic E-state index is 11.7. The van der Waals surface area contributed by atoms with E-state index in [4.69, 9.17) is 11.6 Å². The summed E-state index contributed by atoms with van der Waals surface area (Å²) in [7, 11) is 1.85. The number of hydrogen-bond donors (Lipinski definition) is 2. The van der Waals surface area contributed by atoms with E-state index in [-0.39, 0.29) is 40.7 Å². The van der Waals surface area contributed by atoms with Crippen LogP contribution in [0.2, 0.25) is 5.02 Å². The molecule has 1 aromatic rings. The van der Waals surface area contributed by atoms with Crippen molar-refractivity contribution in [3.8, 4) is 0 Å². The molecule has 1 amide bonds. The van der Waals surface area contributed by atoms with Crippen molar-refractivity contribution >= 4 is 47.4 Å². The lowest BCUT2D eigenvalue weighted by molar-refractivity contribution is -0.119. The number of nitrogens with one attached hydrogen (secondary N) is 2. The number of rotatable bonds is 3. The van der Waals surface area contributed by atoms with E-state index in [1.54, 1.807) is 0 Å². The van der Waals surface area contributed by atoms with Crippen LogP contribution in [0.15, 0.2) is 29.3 Å². The predicted octanol–water partition coefficient (Wildman–Crippen LogP) is 3.17. The van der Waals surface area contributed by atoms with Crippen LogP contribution in [0.25, 0.3) is 0 Å². The highest BCUT2D eigenvalue weighted by atomic mass is 127. The van der Waals surface area contributed by atoms with Crippen LogP contribution in [0.3, 0.4) is 0 Å². The van der Waals surface area contributed by atoms with E-state index in [1.807, 2.05) is 19.2 Å². The molecule has 0 aromatic heterocycles. The van der Waals surface area contributed by atoms with Gasteiger partial charge in [0.1, 0.15) is 0 Å². The Labute approximate surface area is 183 Å². The number of guanidine groups is 1. The van der Waals surface area contributed by atoms with Gasteiger partial charge in [-0.3, -0.25) is 9.79 Å². The van der Waals surface area contributed by atoms with Crippen molar-refractivity contribution in [1.82, 2.24) is 15.5 Å². The fourth-order valence-electron chi connectivity index (χ4n) is 4.53. The Balaban J connectivity index is 0.00000210. The second kappa shape index (κ2) is 8.15. The number of nitrogens with zero attached hydrogens (tertiary/aromatic N) is 2. The van der Waals surface area contributed by atoms with Gasteiger partial charge in [-0.1, -0.05) is 23.7 Å². The van der Waals surface area contributed by atoms with E-state index < -0.39 is 0 Å². The van der Waals surface area contributed by atoms with Crippen molar-refractivity contribution in [1.29, 1.82) is 0 Å². The Morgan fingerprint density at radius 3 is 2.63 bits per heavy atom. The first-order chi connectivity index (χ1) is 12.5. The Hall–Kier alpha value is -1.02. The first kappa shape index (κ1) is 20.7. The summed E-state index contributed by atoms with van der Waals surface area (Å²) in [5.41, 5.74) is 1.64. The maximum atomic E-state index is 11.7. The maximum Gasteiger partial charge on any atom is 0.220 e. The van der Waals surface area contributed by atoms with Crippen LogP contribution >= 0.6 is 35.6 Å². The van der Waals surface area contributed by atoms with Crippen molar-refractivity contribution in [2.24, 2.45) is 10.4 Å². The number of benzene rings is 1. The van der Waals surface area contributed by atoms with Gasteiger partial charge >= 0.3 is 0 Å². The van der Waals surface area contributed by atoms with Crippen LogP contribution < -0.4 is 10.6 Å². The van der Waals surface area contributed by atoms with Crippen LogP contribution in [0.4, 0.5) is 0 Å². The van der Waals surface area contributed by atoms with E-state index in [2.05, 4.69) is 32.7 Å². The van der Waals surface area contributed by atoms with Crippen LogP contribution in [-0.4, -0.2) is 50.0 Å². The first-order valence-corrected chi connectivity index (χ1v) is 9.90. The number of likely N-dealkylation sites (tertiary alicyclic amines) is 1. The Morgan fingerprint density at radius 2 is 2.04 bits per heavy atom. The van der Waals surface area contributed by atoms with Gasteiger partial charge in [-0.25, -0.2) is 0 Å². The van der Waals surface area contributed by atoms with Gasteiger partial charge in [-0.15, -0.1) is 24.0 Å². The van der Waals surface area contributed by atoms with Gasteiger partial charge in [0.25, 0.3) is 0 Å². The molecule has 7 heteroatoms. The molecule has 148 valence electrons. The molecule has 4 rings (SSSR count). The molecule has 1 aliphatic carbocycles. The molecule has 5 nitrogen and oxygen atoms in total. The van der Waals surface area contributed by atoms with Crippen molar-refractivity contribution in [2.75, 3.05) is 33.2 Å². The highest BCUT2D eigenvalue weighted by Gasteiger charge is 2.45. The van der Waals surface area contributed by atoms with Gasteiger partial charge in [0.15, 0.2) is 5.96 Å². The highest BCUT2D eigenvalue weighted by Crippen LogP contribution is 2.47. The van der Waals surface area contributed by atoms with Crippen molar-refractivity contribution in [3.05, 3.63) is 34.9 Å². The van der Waals surface area contributed by atoms with E-state index in [0.717, 1.165) is 50.0 Å². The Bertz CT molecular complexity index is 719. The van der Waals surface area contributed by atoms with Crippen molar-refractivity contribution in [2.45, 2.75) is 37.5 Å². The summed E-state index contributed by atoms with van der Waals surface area (Å²) >= 11 is 6.03. The van der Waals surface area contributed by atoms with Crippen molar-refractivity contribution < 1.29 is 4.79 Å². The molecule has 3 fully saturated rings. The van der Waals surface area contributed by atoms with Crippen molar-refractivity contribution in [3.63, 3.8) is 0 Å². The van der Waals surface area contributed by atoms with Crippen LogP contribution in [0, 0.1) is 5.41 Å². The SMILES string of the molecule is CN=C(NCC1(c2ccc(Cl)cc2)CC1)N1CCCC2(CNC(=O)C2)C1.I. The van der Waals surface area contributed by atoms with Gasteiger partial charge in [-0.2, -0.15) is 0 Å².